The van der Waals surface area contributed by atoms with Crippen molar-refractivity contribution in [2.24, 2.45) is 5.92 Å². The molecule has 0 amide bonds. The lowest BCUT2D eigenvalue weighted by atomic mass is 9.97. The topological polar surface area (TPSA) is 12.0 Å². The Morgan fingerprint density at radius 2 is 1.90 bits per heavy atom. The minimum absolute atomic E-state index is 0.637. The van der Waals surface area contributed by atoms with Gasteiger partial charge in [0, 0.05) is 12.1 Å². The lowest BCUT2D eigenvalue weighted by molar-refractivity contribution is 0.384. The van der Waals surface area contributed by atoms with Crippen molar-refractivity contribution in [3.05, 3.63) is 35.9 Å². The van der Waals surface area contributed by atoms with Crippen LogP contribution in [0.3, 0.4) is 0 Å². The second-order valence-corrected chi connectivity index (χ2v) is 6.57. The highest BCUT2D eigenvalue weighted by Crippen LogP contribution is 2.25. The van der Waals surface area contributed by atoms with Crippen molar-refractivity contribution in [2.75, 3.05) is 0 Å². The lowest BCUT2D eigenvalue weighted by Gasteiger charge is -2.22. The molecule has 1 aliphatic carbocycles. The van der Waals surface area contributed by atoms with Crippen LogP contribution in [0.1, 0.15) is 64.4 Å². The molecule has 2 rings (SSSR count). The number of nitrogens with one attached hydrogen (secondary N) is 1. The number of benzene rings is 1. The molecular formula is C19H31N. The van der Waals surface area contributed by atoms with E-state index in [4.69, 9.17) is 0 Å². The van der Waals surface area contributed by atoms with Gasteiger partial charge < -0.3 is 5.32 Å². The van der Waals surface area contributed by atoms with Crippen molar-refractivity contribution >= 4 is 0 Å². The third-order valence-corrected chi connectivity index (χ3v) is 4.89. The Hall–Kier alpha value is -0.820. The molecule has 0 radical (unpaired) electrons. The summed E-state index contributed by atoms with van der Waals surface area (Å²) in [6, 6.07) is 12.3. The van der Waals surface area contributed by atoms with Crippen molar-refractivity contribution in [2.45, 2.75) is 77.3 Å². The lowest BCUT2D eigenvalue weighted by Crippen LogP contribution is -2.36. The summed E-state index contributed by atoms with van der Waals surface area (Å²) in [5, 5.41) is 3.87. The molecule has 0 aliphatic heterocycles. The van der Waals surface area contributed by atoms with Gasteiger partial charge in [-0.2, -0.15) is 0 Å². The van der Waals surface area contributed by atoms with Crippen LogP contribution < -0.4 is 5.32 Å². The summed E-state index contributed by atoms with van der Waals surface area (Å²) in [5.74, 6) is 0.987. The van der Waals surface area contributed by atoms with Crippen LogP contribution in [0.15, 0.2) is 30.3 Å². The molecule has 1 nitrogen and oxygen atoms in total. The van der Waals surface area contributed by atoms with Gasteiger partial charge in [-0.15, -0.1) is 0 Å². The normalized spacial score (nSPS) is 25.1. The maximum atomic E-state index is 3.87. The van der Waals surface area contributed by atoms with E-state index in [1.807, 2.05) is 0 Å². The average Bonchev–Trinajstić information content (AvgIpc) is 2.71. The second kappa shape index (κ2) is 8.46. The van der Waals surface area contributed by atoms with Gasteiger partial charge in [-0.05, 0) is 50.5 Å². The monoisotopic (exact) mass is 273 g/mol. The molecule has 3 unspecified atom stereocenters. The Morgan fingerprint density at radius 3 is 2.65 bits per heavy atom. The molecule has 0 heterocycles. The summed E-state index contributed by atoms with van der Waals surface area (Å²) in [6.07, 6.45) is 10.9. The Balaban J connectivity index is 1.70. The highest BCUT2D eigenvalue weighted by molar-refractivity contribution is 5.14. The first-order chi connectivity index (χ1) is 9.78. The molecule has 1 heteroatoms. The molecular weight excluding hydrogens is 242 g/mol. The van der Waals surface area contributed by atoms with Gasteiger partial charge in [-0.3, -0.25) is 0 Å². The second-order valence-electron chi connectivity index (χ2n) is 6.57. The predicted octanol–water partition coefficient (Wildman–Crippen LogP) is 4.96. The summed E-state index contributed by atoms with van der Waals surface area (Å²) in [6.45, 7) is 4.70. The Bertz CT molecular complexity index is 359. The fourth-order valence-electron chi connectivity index (χ4n) is 3.47. The molecule has 1 aromatic carbocycles. The van der Waals surface area contributed by atoms with E-state index in [1.165, 1.54) is 56.9 Å². The van der Waals surface area contributed by atoms with E-state index in [-0.39, 0.29) is 0 Å². The number of hydrogen-bond donors (Lipinski definition) is 1. The summed E-state index contributed by atoms with van der Waals surface area (Å²) in [5.41, 5.74) is 1.47. The first kappa shape index (κ1) is 15.6. The van der Waals surface area contributed by atoms with E-state index in [0.717, 1.165) is 12.0 Å². The molecule has 112 valence electrons. The van der Waals surface area contributed by atoms with Crippen LogP contribution >= 0.6 is 0 Å². The average molecular weight is 273 g/mol. The first-order valence-electron chi connectivity index (χ1n) is 8.58. The van der Waals surface area contributed by atoms with Crippen LogP contribution in [0, 0.1) is 5.92 Å². The molecule has 1 aliphatic rings. The summed E-state index contributed by atoms with van der Waals surface area (Å²) >= 11 is 0. The number of hydrogen-bond acceptors (Lipinski definition) is 1. The maximum absolute atomic E-state index is 3.87. The van der Waals surface area contributed by atoms with Crippen LogP contribution in [0.25, 0.3) is 0 Å². The molecule has 1 fully saturated rings. The van der Waals surface area contributed by atoms with Gasteiger partial charge in [0.15, 0.2) is 0 Å². The van der Waals surface area contributed by atoms with Gasteiger partial charge in [-0.1, -0.05) is 56.5 Å². The van der Waals surface area contributed by atoms with Crippen LogP contribution in [0.2, 0.25) is 0 Å². The van der Waals surface area contributed by atoms with Gasteiger partial charge in [0.05, 0.1) is 0 Å². The minimum atomic E-state index is 0.637. The highest BCUT2D eigenvalue weighted by Gasteiger charge is 2.18. The first-order valence-corrected chi connectivity index (χ1v) is 8.58. The Morgan fingerprint density at radius 1 is 1.10 bits per heavy atom. The van der Waals surface area contributed by atoms with E-state index >= 15 is 0 Å². The van der Waals surface area contributed by atoms with Crippen LogP contribution in [0.5, 0.6) is 0 Å². The van der Waals surface area contributed by atoms with Crippen molar-refractivity contribution in [1.29, 1.82) is 0 Å². The SMILES string of the molecule is CCC1CCCC(NC(C)CCc2ccccc2)CC1. The molecule has 0 bridgehead atoms. The van der Waals surface area contributed by atoms with Crippen LogP contribution in [0.4, 0.5) is 0 Å². The fourth-order valence-corrected chi connectivity index (χ4v) is 3.47. The molecule has 20 heavy (non-hydrogen) atoms. The summed E-state index contributed by atoms with van der Waals surface area (Å²) < 4.78 is 0. The minimum Gasteiger partial charge on any atom is -0.311 e. The maximum Gasteiger partial charge on any atom is 0.00696 e. The molecule has 1 saturated carbocycles. The molecule has 3 atom stereocenters. The zero-order chi connectivity index (χ0) is 14.2. The number of rotatable bonds is 6. The van der Waals surface area contributed by atoms with Crippen molar-refractivity contribution < 1.29 is 0 Å². The van der Waals surface area contributed by atoms with E-state index in [2.05, 4.69) is 49.5 Å². The van der Waals surface area contributed by atoms with Crippen molar-refractivity contribution in [3.8, 4) is 0 Å². The third kappa shape index (κ3) is 5.28. The van der Waals surface area contributed by atoms with E-state index < -0.39 is 0 Å². The zero-order valence-electron chi connectivity index (χ0n) is 13.3. The zero-order valence-corrected chi connectivity index (χ0v) is 13.3. The summed E-state index contributed by atoms with van der Waals surface area (Å²) in [7, 11) is 0. The highest BCUT2D eigenvalue weighted by atomic mass is 14.9. The van der Waals surface area contributed by atoms with Crippen molar-refractivity contribution in [1.82, 2.24) is 5.32 Å². The molecule has 1 aromatic rings. The van der Waals surface area contributed by atoms with Gasteiger partial charge in [0.25, 0.3) is 0 Å². The quantitative estimate of drug-likeness (QED) is 0.723. The Labute approximate surface area is 125 Å². The molecule has 1 N–H and O–H groups in total. The smallest absolute Gasteiger partial charge is 0.00696 e. The van der Waals surface area contributed by atoms with E-state index in [1.54, 1.807) is 0 Å². The standard InChI is InChI=1S/C19H31N/c1-3-17-10-7-11-19(15-14-17)20-16(2)12-13-18-8-5-4-6-9-18/h4-6,8-9,16-17,19-20H,3,7,10-15H2,1-2H3. The summed E-state index contributed by atoms with van der Waals surface area (Å²) in [4.78, 5) is 0. The fraction of sp³-hybridized carbons (Fsp3) is 0.684. The van der Waals surface area contributed by atoms with E-state index in [0.29, 0.717) is 6.04 Å². The third-order valence-electron chi connectivity index (χ3n) is 4.89. The van der Waals surface area contributed by atoms with Gasteiger partial charge in [-0.25, -0.2) is 0 Å². The molecule has 0 saturated heterocycles. The van der Waals surface area contributed by atoms with Gasteiger partial charge in [0.1, 0.15) is 0 Å². The van der Waals surface area contributed by atoms with Gasteiger partial charge in [0.2, 0.25) is 0 Å². The van der Waals surface area contributed by atoms with E-state index in [9.17, 15) is 0 Å². The van der Waals surface area contributed by atoms with Crippen molar-refractivity contribution in [3.63, 3.8) is 0 Å². The van der Waals surface area contributed by atoms with Crippen LogP contribution in [-0.4, -0.2) is 12.1 Å². The molecule has 0 aromatic heterocycles. The Kier molecular flexibility index (Phi) is 6.59. The largest absolute Gasteiger partial charge is 0.311 e. The van der Waals surface area contributed by atoms with Crippen LogP contribution in [-0.2, 0) is 6.42 Å². The predicted molar refractivity (Wildman–Crippen MR) is 88.0 cm³/mol. The van der Waals surface area contributed by atoms with Gasteiger partial charge >= 0.3 is 0 Å². The number of aryl methyl sites for hydroxylation is 1. The molecule has 0 spiro atoms.